The molecule has 0 saturated heterocycles. The number of amides is 1. The third kappa shape index (κ3) is 4.41. The number of carbonyl (C=O) groups excluding carboxylic acids is 1. The molecule has 1 amide bonds. The van der Waals surface area contributed by atoms with Crippen LogP contribution in [0.1, 0.15) is 28.7 Å². The van der Waals surface area contributed by atoms with Crippen LogP contribution in [0.3, 0.4) is 0 Å². The van der Waals surface area contributed by atoms with Crippen LogP contribution >= 0.6 is 24.0 Å². The highest BCUT2D eigenvalue weighted by molar-refractivity contribution is 6.30. The summed E-state index contributed by atoms with van der Waals surface area (Å²) in [6, 6.07) is 7.14. The number of halogens is 2. The fourth-order valence-electron chi connectivity index (χ4n) is 2.52. The van der Waals surface area contributed by atoms with Gasteiger partial charge in [-0.05, 0) is 31.2 Å². The van der Waals surface area contributed by atoms with Crippen LogP contribution in [0.4, 0.5) is 0 Å². The molecule has 2 aromatic rings. The fourth-order valence-corrected chi connectivity index (χ4v) is 2.65. The molecule has 1 aromatic heterocycles. The molecule has 1 aliphatic rings. The van der Waals surface area contributed by atoms with Gasteiger partial charge in [-0.2, -0.15) is 5.10 Å². The fraction of sp³-hybridized carbons (Fsp3) is 0.375. The number of hydrogen-bond donors (Lipinski definition) is 3. The van der Waals surface area contributed by atoms with Crippen molar-refractivity contribution in [1.29, 1.82) is 0 Å². The van der Waals surface area contributed by atoms with Crippen molar-refractivity contribution in [3.63, 3.8) is 0 Å². The summed E-state index contributed by atoms with van der Waals surface area (Å²) in [4.78, 5) is 12.3. The number of ether oxygens (including phenoxy) is 1. The minimum Gasteiger partial charge on any atom is -0.489 e. The second-order valence-corrected chi connectivity index (χ2v) is 5.98. The maximum absolute atomic E-state index is 12.3. The lowest BCUT2D eigenvalue weighted by Crippen LogP contribution is -2.35. The van der Waals surface area contributed by atoms with Crippen molar-refractivity contribution in [2.24, 2.45) is 0 Å². The number of H-pyrrole nitrogens is 1. The number of benzene rings is 1. The van der Waals surface area contributed by atoms with Gasteiger partial charge in [-0.1, -0.05) is 11.6 Å². The van der Waals surface area contributed by atoms with Gasteiger partial charge in [-0.25, -0.2) is 0 Å². The smallest absolute Gasteiger partial charge is 0.272 e. The predicted octanol–water partition coefficient (Wildman–Crippen LogP) is 2.33. The summed E-state index contributed by atoms with van der Waals surface area (Å²) in [7, 11) is 0. The predicted molar refractivity (Wildman–Crippen MR) is 95.1 cm³/mol. The summed E-state index contributed by atoms with van der Waals surface area (Å²) >= 11 is 5.84. The first kappa shape index (κ1) is 18.6. The van der Waals surface area contributed by atoms with Gasteiger partial charge in [0.2, 0.25) is 0 Å². The largest absolute Gasteiger partial charge is 0.489 e. The number of rotatable bonds is 5. The van der Waals surface area contributed by atoms with Gasteiger partial charge in [0.15, 0.2) is 5.69 Å². The maximum Gasteiger partial charge on any atom is 0.272 e. The third-order valence-corrected chi connectivity index (χ3v) is 3.97. The van der Waals surface area contributed by atoms with Gasteiger partial charge >= 0.3 is 0 Å². The minimum atomic E-state index is -0.183. The molecule has 24 heavy (non-hydrogen) atoms. The van der Waals surface area contributed by atoms with Gasteiger partial charge in [-0.15, -0.1) is 12.4 Å². The Hall–Kier alpha value is -1.76. The van der Waals surface area contributed by atoms with Crippen LogP contribution in [-0.2, 0) is 13.0 Å². The SMILES string of the molecule is CC(CNC(=O)c1n[nH]c2c1CNCC2)Oc1ccc(Cl)cc1.Cl. The van der Waals surface area contributed by atoms with E-state index in [2.05, 4.69) is 20.8 Å². The van der Waals surface area contributed by atoms with Crippen molar-refractivity contribution < 1.29 is 9.53 Å². The topological polar surface area (TPSA) is 79.0 Å². The van der Waals surface area contributed by atoms with Crippen LogP contribution in [0.5, 0.6) is 5.75 Å². The maximum atomic E-state index is 12.3. The molecule has 8 heteroatoms. The first-order valence-corrected chi connectivity index (χ1v) is 7.98. The Kier molecular flexibility index (Phi) is 6.48. The molecule has 130 valence electrons. The average molecular weight is 371 g/mol. The summed E-state index contributed by atoms with van der Waals surface area (Å²) in [5, 5.41) is 13.9. The van der Waals surface area contributed by atoms with Crippen LogP contribution in [0, 0.1) is 0 Å². The van der Waals surface area contributed by atoms with E-state index >= 15 is 0 Å². The van der Waals surface area contributed by atoms with E-state index in [4.69, 9.17) is 16.3 Å². The Morgan fingerprint density at radius 1 is 1.42 bits per heavy atom. The zero-order valence-corrected chi connectivity index (χ0v) is 14.8. The lowest BCUT2D eigenvalue weighted by Gasteiger charge is -2.16. The minimum absolute atomic E-state index is 0. The van der Waals surface area contributed by atoms with Crippen LogP contribution in [-0.4, -0.2) is 35.3 Å². The highest BCUT2D eigenvalue weighted by Crippen LogP contribution is 2.17. The van der Waals surface area contributed by atoms with Gasteiger partial charge in [0.05, 0.1) is 6.54 Å². The second-order valence-electron chi connectivity index (χ2n) is 5.55. The Balaban J connectivity index is 0.00000208. The number of nitrogens with one attached hydrogen (secondary N) is 3. The van der Waals surface area contributed by atoms with Crippen molar-refractivity contribution >= 4 is 29.9 Å². The second kappa shape index (κ2) is 8.37. The molecule has 0 saturated carbocycles. The zero-order valence-electron chi connectivity index (χ0n) is 13.3. The number of nitrogens with zero attached hydrogens (tertiary/aromatic N) is 1. The number of carbonyl (C=O) groups is 1. The zero-order chi connectivity index (χ0) is 16.2. The van der Waals surface area contributed by atoms with Gasteiger partial charge in [0.25, 0.3) is 5.91 Å². The third-order valence-electron chi connectivity index (χ3n) is 3.72. The van der Waals surface area contributed by atoms with Gasteiger partial charge in [-0.3, -0.25) is 9.89 Å². The van der Waals surface area contributed by atoms with Crippen molar-refractivity contribution in [2.45, 2.75) is 26.0 Å². The molecule has 2 heterocycles. The van der Waals surface area contributed by atoms with E-state index in [1.807, 2.05) is 6.92 Å². The molecule has 1 aromatic carbocycles. The lowest BCUT2D eigenvalue weighted by molar-refractivity contribution is 0.0926. The molecular weight excluding hydrogens is 351 g/mol. The highest BCUT2D eigenvalue weighted by Gasteiger charge is 2.21. The van der Waals surface area contributed by atoms with Gasteiger partial charge < -0.3 is 15.4 Å². The molecule has 3 N–H and O–H groups in total. The number of fused-ring (bicyclic) bond motifs is 1. The van der Waals surface area contributed by atoms with Gasteiger partial charge in [0, 0.05) is 35.8 Å². The number of hydrogen-bond acceptors (Lipinski definition) is 4. The molecular formula is C16H20Cl2N4O2. The quantitative estimate of drug-likeness (QED) is 0.754. The number of aromatic amines is 1. The van der Waals surface area contributed by atoms with Gasteiger partial charge in [0.1, 0.15) is 11.9 Å². The van der Waals surface area contributed by atoms with E-state index in [1.54, 1.807) is 24.3 Å². The molecule has 0 bridgehead atoms. The van der Waals surface area contributed by atoms with E-state index < -0.39 is 0 Å². The van der Waals surface area contributed by atoms with Crippen molar-refractivity contribution in [1.82, 2.24) is 20.8 Å². The summed E-state index contributed by atoms with van der Waals surface area (Å²) in [6.07, 6.45) is 0.708. The van der Waals surface area contributed by atoms with E-state index in [-0.39, 0.29) is 24.4 Å². The molecule has 3 rings (SSSR count). The average Bonchev–Trinajstić information content (AvgIpc) is 2.99. The molecule has 0 radical (unpaired) electrons. The highest BCUT2D eigenvalue weighted by atomic mass is 35.5. The molecule has 0 fully saturated rings. The number of aromatic nitrogens is 2. The Morgan fingerprint density at radius 3 is 2.92 bits per heavy atom. The summed E-state index contributed by atoms with van der Waals surface area (Å²) in [5.41, 5.74) is 2.46. The Bertz CT molecular complexity index is 688. The molecule has 6 nitrogen and oxygen atoms in total. The molecule has 1 atom stereocenters. The first-order chi connectivity index (χ1) is 11.1. The molecule has 0 spiro atoms. The Labute approximate surface area is 151 Å². The van der Waals surface area contributed by atoms with Crippen LogP contribution in [0.2, 0.25) is 5.02 Å². The van der Waals surface area contributed by atoms with E-state index in [1.165, 1.54) is 0 Å². The molecule has 1 aliphatic heterocycles. The van der Waals surface area contributed by atoms with Crippen molar-refractivity contribution in [3.05, 3.63) is 46.2 Å². The van der Waals surface area contributed by atoms with Crippen molar-refractivity contribution in [2.75, 3.05) is 13.1 Å². The standard InChI is InChI=1S/C16H19ClN4O2.ClH/c1-10(23-12-4-2-11(17)3-5-12)8-19-16(22)15-13-9-18-7-6-14(13)20-21-15;/h2-5,10,18H,6-9H2,1H3,(H,19,22)(H,20,21);1H. The van der Waals surface area contributed by atoms with E-state index in [0.717, 1.165) is 30.0 Å². The van der Waals surface area contributed by atoms with E-state index in [9.17, 15) is 4.79 Å². The van der Waals surface area contributed by atoms with Crippen molar-refractivity contribution in [3.8, 4) is 5.75 Å². The monoisotopic (exact) mass is 370 g/mol. The Morgan fingerprint density at radius 2 is 2.17 bits per heavy atom. The van der Waals surface area contributed by atoms with E-state index in [0.29, 0.717) is 23.8 Å². The first-order valence-electron chi connectivity index (χ1n) is 7.60. The summed E-state index contributed by atoms with van der Waals surface area (Å²) in [5.74, 6) is 0.537. The summed E-state index contributed by atoms with van der Waals surface area (Å²) < 4.78 is 5.74. The normalized spacial score (nSPS) is 14.2. The lowest BCUT2D eigenvalue weighted by atomic mass is 10.1. The summed E-state index contributed by atoms with van der Waals surface area (Å²) in [6.45, 7) is 3.88. The van der Waals surface area contributed by atoms with Crippen LogP contribution in [0.15, 0.2) is 24.3 Å². The molecule has 1 unspecified atom stereocenters. The molecule has 0 aliphatic carbocycles. The van der Waals surface area contributed by atoms with Crippen LogP contribution in [0.25, 0.3) is 0 Å². The van der Waals surface area contributed by atoms with Crippen LogP contribution < -0.4 is 15.4 Å².